The summed E-state index contributed by atoms with van der Waals surface area (Å²) >= 11 is 6.03. The largest absolute Gasteiger partial charge is 0.494 e. The Morgan fingerprint density at radius 1 is 1.15 bits per heavy atom. The van der Waals surface area contributed by atoms with Gasteiger partial charge in [-0.25, -0.2) is 4.98 Å². The van der Waals surface area contributed by atoms with E-state index in [0.29, 0.717) is 41.4 Å². The number of fused-ring (bicyclic) bond motifs is 1. The van der Waals surface area contributed by atoms with E-state index in [2.05, 4.69) is 27.9 Å². The van der Waals surface area contributed by atoms with Crippen molar-refractivity contribution < 1.29 is 4.74 Å². The summed E-state index contributed by atoms with van der Waals surface area (Å²) in [4.78, 5) is 22.0. The first kappa shape index (κ1) is 18.4. The molecule has 0 unspecified atom stereocenters. The molecule has 0 radical (unpaired) electrons. The standard InChI is InChI=1S/C20H22ClN3O2/c1-3-24(12-14-7-5-6-8-18(14)26-4-2)13-19-22-17-11-15(21)9-10-16(17)20(25)23-19/h5-11H,3-4,12-13H2,1-2H3,(H,22,23,25). The molecule has 6 heteroatoms. The Morgan fingerprint density at radius 2 is 1.96 bits per heavy atom. The number of para-hydroxylation sites is 1. The third-order valence-corrected chi connectivity index (χ3v) is 4.44. The van der Waals surface area contributed by atoms with Crippen LogP contribution in [0.15, 0.2) is 47.3 Å². The van der Waals surface area contributed by atoms with Crippen molar-refractivity contribution in [3.63, 3.8) is 0 Å². The highest BCUT2D eigenvalue weighted by Crippen LogP contribution is 2.21. The van der Waals surface area contributed by atoms with E-state index >= 15 is 0 Å². The van der Waals surface area contributed by atoms with Gasteiger partial charge in [0.15, 0.2) is 0 Å². The first-order valence-corrected chi connectivity index (χ1v) is 9.10. The fraction of sp³-hybridized carbons (Fsp3) is 0.300. The number of H-pyrrole nitrogens is 1. The van der Waals surface area contributed by atoms with Gasteiger partial charge >= 0.3 is 0 Å². The van der Waals surface area contributed by atoms with Crippen LogP contribution in [0.1, 0.15) is 25.2 Å². The van der Waals surface area contributed by atoms with Crippen molar-refractivity contribution in [2.24, 2.45) is 0 Å². The molecular formula is C20H22ClN3O2. The molecule has 0 fully saturated rings. The Morgan fingerprint density at radius 3 is 2.73 bits per heavy atom. The molecule has 0 saturated heterocycles. The fourth-order valence-corrected chi connectivity index (χ4v) is 3.07. The summed E-state index contributed by atoms with van der Waals surface area (Å²) in [6.45, 7) is 6.75. The number of halogens is 1. The SMILES string of the molecule is CCOc1ccccc1CN(CC)Cc1nc2cc(Cl)ccc2c(=O)[nH]1. The molecule has 0 amide bonds. The van der Waals surface area contributed by atoms with E-state index in [4.69, 9.17) is 16.3 Å². The van der Waals surface area contributed by atoms with E-state index in [0.717, 1.165) is 17.9 Å². The van der Waals surface area contributed by atoms with Crippen molar-refractivity contribution in [1.82, 2.24) is 14.9 Å². The maximum absolute atomic E-state index is 12.3. The number of aromatic amines is 1. The Kier molecular flexibility index (Phi) is 5.91. The summed E-state index contributed by atoms with van der Waals surface area (Å²) in [6.07, 6.45) is 0. The normalized spacial score (nSPS) is 11.2. The van der Waals surface area contributed by atoms with Crippen LogP contribution in [0.25, 0.3) is 10.9 Å². The second-order valence-electron chi connectivity index (χ2n) is 6.02. The van der Waals surface area contributed by atoms with E-state index in [1.807, 2.05) is 25.1 Å². The minimum absolute atomic E-state index is 0.146. The number of aromatic nitrogens is 2. The van der Waals surface area contributed by atoms with Gasteiger partial charge in [-0.2, -0.15) is 0 Å². The van der Waals surface area contributed by atoms with Crippen LogP contribution in [-0.2, 0) is 13.1 Å². The molecule has 136 valence electrons. The average Bonchev–Trinajstić information content (AvgIpc) is 2.62. The van der Waals surface area contributed by atoms with Gasteiger partial charge in [0.2, 0.25) is 0 Å². The summed E-state index contributed by atoms with van der Waals surface area (Å²) < 4.78 is 5.71. The zero-order valence-electron chi connectivity index (χ0n) is 15.0. The number of ether oxygens (including phenoxy) is 1. The third-order valence-electron chi connectivity index (χ3n) is 4.20. The number of nitrogens with zero attached hydrogens (tertiary/aromatic N) is 2. The maximum atomic E-state index is 12.3. The Bertz CT molecular complexity index is 955. The minimum atomic E-state index is -0.146. The number of rotatable bonds is 7. The van der Waals surface area contributed by atoms with Crippen molar-refractivity contribution in [2.45, 2.75) is 26.9 Å². The first-order chi connectivity index (χ1) is 12.6. The van der Waals surface area contributed by atoms with Crippen LogP contribution in [0.4, 0.5) is 0 Å². The second kappa shape index (κ2) is 8.34. The highest BCUT2D eigenvalue weighted by Gasteiger charge is 2.12. The van der Waals surface area contributed by atoms with Gasteiger partial charge in [0.05, 0.1) is 24.1 Å². The van der Waals surface area contributed by atoms with E-state index in [9.17, 15) is 4.79 Å². The zero-order chi connectivity index (χ0) is 18.5. The van der Waals surface area contributed by atoms with Crippen LogP contribution in [-0.4, -0.2) is 28.0 Å². The molecule has 1 aromatic heterocycles. The number of hydrogen-bond donors (Lipinski definition) is 1. The smallest absolute Gasteiger partial charge is 0.258 e. The quantitative estimate of drug-likeness (QED) is 0.682. The predicted octanol–water partition coefficient (Wildman–Crippen LogP) is 4.00. The summed E-state index contributed by atoms with van der Waals surface area (Å²) in [6, 6.07) is 13.1. The van der Waals surface area contributed by atoms with E-state index in [1.165, 1.54) is 0 Å². The van der Waals surface area contributed by atoms with Gasteiger partial charge in [-0.3, -0.25) is 9.69 Å². The van der Waals surface area contributed by atoms with Crippen molar-refractivity contribution >= 4 is 22.5 Å². The van der Waals surface area contributed by atoms with Gasteiger partial charge in [-0.1, -0.05) is 36.7 Å². The Hall–Kier alpha value is -2.37. The van der Waals surface area contributed by atoms with Crippen LogP contribution in [0.5, 0.6) is 5.75 Å². The van der Waals surface area contributed by atoms with Gasteiger partial charge in [-0.15, -0.1) is 0 Å². The van der Waals surface area contributed by atoms with Gasteiger partial charge in [0, 0.05) is 17.1 Å². The van der Waals surface area contributed by atoms with Crippen LogP contribution in [0, 0.1) is 0 Å². The molecule has 0 aliphatic heterocycles. The molecule has 0 aliphatic rings. The highest BCUT2D eigenvalue weighted by molar-refractivity contribution is 6.31. The number of nitrogens with one attached hydrogen (secondary N) is 1. The molecule has 2 aromatic carbocycles. The predicted molar refractivity (Wildman–Crippen MR) is 105 cm³/mol. The zero-order valence-corrected chi connectivity index (χ0v) is 15.7. The lowest BCUT2D eigenvalue weighted by Crippen LogP contribution is -2.25. The molecule has 5 nitrogen and oxygen atoms in total. The number of benzene rings is 2. The molecule has 0 bridgehead atoms. The summed E-state index contributed by atoms with van der Waals surface area (Å²) in [5.41, 5.74) is 1.58. The van der Waals surface area contributed by atoms with Crippen molar-refractivity contribution in [3.8, 4) is 5.75 Å². The minimum Gasteiger partial charge on any atom is -0.494 e. The van der Waals surface area contributed by atoms with Crippen molar-refractivity contribution in [3.05, 3.63) is 69.2 Å². The monoisotopic (exact) mass is 371 g/mol. The average molecular weight is 372 g/mol. The highest BCUT2D eigenvalue weighted by atomic mass is 35.5. The Balaban J connectivity index is 1.84. The van der Waals surface area contributed by atoms with Crippen molar-refractivity contribution in [2.75, 3.05) is 13.2 Å². The van der Waals surface area contributed by atoms with E-state index < -0.39 is 0 Å². The molecule has 1 N–H and O–H groups in total. The van der Waals surface area contributed by atoms with Gasteiger partial charge in [0.1, 0.15) is 11.6 Å². The lowest BCUT2D eigenvalue weighted by molar-refractivity contribution is 0.256. The third kappa shape index (κ3) is 4.23. The van der Waals surface area contributed by atoms with Gasteiger partial charge in [0.25, 0.3) is 5.56 Å². The summed E-state index contributed by atoms with van der Waals surface area (Å²) in [5.74, 6) is 1.51. The topological polar surface area (TPSA) is 58.2 Å². The lowest BCUT2D eigenvalue weighted by Gasteiger charge is -2.21. The summed E-state index contributed by atoms with van der Waals surface area (Å²) in [7, 11) is 0. The molecule has 3 rings (SSSR count). The van der Waals surface area contributed by atoms with Gasteiger partial charge in [-0.05, 0) is 37.7 Å². The van der Waals surface area contributed by atoms with Gasteiger partial charge < -0.3 is 9.72 Å². The van der Waals surface area contributed by atoms with Crippen LogP contribution < -0.4 is 10.3 Å². The second-order valence-corrected chi connectivity index (χ2v) is 6.45. The lowest BCUT2D eigenvalue weighted by atomic mass is 10.2. The molecule has 26 heavy (non-hydrogen) atoms. The maximum Gasteiger partial charge on any atom is 0.258 e. The molecule has 1 heterocycles. The molecule has 0 aliphatic carbocycles. The first-order valence-electron chi connectivity index (χ1n) is 8.72. The molecule has 3 aromatic rings. The number of hydrogen-bond acceptors (Lipinski definition) is 4. The molecule has 0 atom stereocenters. The summed E-state index contributed by atoms with van der Waals surface area (Å²) in [5, 5.41) is 1.11. The van der Waals surface area contributed by atoms with Crippen molar-refractivity contribution in [1.29, 1.82) is 0 Å². The van der Waals surface area contributed by atoms with E-state index in [-0.39, 0.29) is 5.56 Å². The van der Waals surface area contributed by atoms with Crippen LogP contribution in [0.2, 0.25) is 5.02 Å². The van der Waals surface area contributed by atoms with Crippen LogP contribution >= 0.6 is 11.6 Å². The Labute approximate surface area is 157 Å². The van der Waals surface area contributed by atoms with Crippen LogP contribution in [0.3, 0.4) is 0 Å². The molecule has 0 spiro atoms. The molecular weight excluding hydrogens is 350 g/mol. The van der Waals surface area contributed by atoms with E-state index in [1.54, 1.807) is 18.2 Å². The fourth-order valence-electron chi connectivity index (χ4n) is 2.90. The molecule has 0 saturated carbocycles.